The van der Waals surface area contributed by atoms with E-state index in [1.54, 1.807) is 45.3 Å². The average molecular weight is 392 g/mol. The number of hydrogen-bond acceptors (Lipinski definition) is 5. The predicted octanol–water partition coefficient (Wildman–Crippen LogP) is -0.0499. The van der Waals surface area contributed by atoms with Crippen molar-refractivity contribution in [1.82, 2.24) is 4.90 Å². The van der Waals surface area contributed by atoms with Crippen LogP contribution in [0.2, 0.25) is 0 Å². The van der Waals surface area contributed by atoms with Gasteiger partial charge in [0.25, 0.3) is 5.91 Å². The summed E-state index contributed by atoms with van der Waals surface area (Å²) in [5.74, 6) is -0.0918. The zero-order valence-corrected chi connectivity index (χ0v) is 16.8. The number of carbonyl (C=O) groups is 3. The third-order valence-electron chi connectivity index (χ3n) is 4.80. The van der Waals surface area contributed by atoms with Crippen LogP contribution in [0, 0.1) is 5.92 Å². The van der Waals surface area contributed by atoms with Crippen molar-refractivity contribution >= 4 is 23.5 Å². The molecular formula is C20H30N3O5+. The number of nitrogens with zero attached hydrogens (tertiary/aromatic N) is 1. The van der Waals surface area contributed by atoms with E-state index in [0.29, 0.717) is 24.6 Å². The van der Waals surface area contributed by atoms with E-state index >= 15 is 0 Å². The zero-order chi connectivity index (χ0) is 20.5. The summed E-state index contributed by atoms with van der Waals surface area (Å²) >= 11 is 0. The lowest BCUT2D eigenvalue weighted by atomic mass is 9.98. The van der Waals surface area contributed by atoms with E-state index in [0.717, 1.165) is 24.3 Å². The number of methoxy groups -OCH3 is 1. The molecule has 0 bridgehead atoms. The Kier molecular flexibility index (Phi) is 8.25. The molecule has 2 atom stereocenters. The summed E-state index contributed by atoms with van der Waals surface area (Å²) < 4.78 is 10.2. The molecule has 0 saturated carbocycles. The number of rotatable bonds is 8. The molecule has 8 nitrogen and oxygen atoms in total. The molecule has 0 aromatic heterocycles. The van der Waals surface area contributed by atoms with Gasteiger partial charge < -0.3 is 24.6 Å². The van der Waals surface area contributed by atoms with Crippen LogP contribution in [0.15, 0.2) is 24.3 Å². The minimum absolute atomic E-state index is 0.0371. The van der Waals surface area contributed by atoms with Gasteiger partial charge in [-0.25, -0.2) is 0 Å². The fourth-order valence-corrected chi connectivity index (χ4v) is 3.33. The molecular weight excluding hydrogens is 362 g/mol. The van der Waals surface area contributed by atoms with E-state index in [2.05, 4.69) is 5.32 Å². The lowest BCUT2D eigenvalue weighted by Crippen LogP contribution is -3.14. The molecule has 0 radical (unpaired) electrons. The lowest BCUT2D eigenvalue weighted by Gasteiger charge is -2.29. The van der Waals surface area contributed by atoms with Crippen molar-refractivity contribution in [1.29, 1.82) is 0 Å². The normalized spacial score (nSPS) is 18.8. The maximum absolute atomic E-state index is 12.5. The number of likely N-dealkylation sites (tertiary alicyclic amines) is 1. The lowest BCUT2D eigenvalue weighted by molar-refractivity contribution is -0.899. The fourth-order valence-electron chi connectivity index (χ4n) is 3.33. The van der Waals surface area contributed by atoms with E-state index in [-0.39, 0.29) is 36.8 Å². The van der Waals surface area contributed by atoms with Crippen LogP contribution in [0.25, 0.3) is 0 Å². The number of likely N-dealkylation sites (N-methyl/N-ethyl adjacent to an activating group) is 1. The van der Waals surface area contributed by atoms with E-state index in [4.69, 9.17) is 9.47 Å². The first-order valence-corrected chi connectivity index (χ1v) is 9.61. The zero-order valence-electron chi connectivity index (χ0n) is 16.8. The van der Waals surface area contributed by atoms with Gasteiger partial charge in [0.05, 0.1) is 33.4 Å². The predicted molar refractivity (Wildman–Crippen MR) is 104 cm³/mol. The van der Waals surface area contributed by atoms with Crippen molar-refractivity contribution in [2.45, 2.75) is 19.8 Å². The van der Waals surface area contributed by atoms with Crippen molar-refractivity contribution in [2.24, 2.45) is 5.92 Å². The minimum Gasteiger partial charge on any atom is -0.497 e. The summed E-state index contributed by atoms with van der Waals surface area (Å²) in [6, 6.07) is 7.04. The van der Waals surface area contributed by atoms with Gasteiger partial charge in [-0.2, -0.15) is 0 Å². The molecule has 0 spiro atoms. The molecule has 1 aliphatic rings. The number of amides is 2. The van der Waals surface area contributed by atoms with Gasteiger partial charge in [0.2, 0.25) is 5.91 Å². The number of quaternary nitrogens is 1. The molecule has 2 rings (SSSR count). The molecule has 1 aliphatic heterocycles. The van der Waals surface area contributed by atoms with Gasteiger partial charge in [0.15, 0.2) is 6.54 Å². The van der Waals surface area contributed by atoms with E-state index < -0.39 is 0 Å². The molecule has 1 heterocycles. The van der Waals surface area contributed by atoms with Gasteiger partial charge in [-0.3, -0.25) is 14.4 Å². The van der Waals surface area contributed by atoms with Crippen LogP contribution in [0.3, 0.4) is 0 Å². The molecule has 1 saturated heterocycles. The quantitative estimate of drug-likeness (QED) is 0.606. The summed E-state index contributed by atoms with van der Waals surface area (Å²) in [6.45, 7) is 3.82. The van der Waals surface area contributed by atoms with Gasteiger partial charge in [-0.1, -0.05) is 6.07 Å². The molecule has 1 unspecified atom stereocenters. The van der Waals surface area contributed by atoms with E-state index in [9.17, 15) is 14.4 Å². The second-order valence-corrected chi connectivity index (χ2v) is 7.00. The molecule has 1 aromatic carbocycles. The topological polar surface area (TPSA) is 89.4 Å². The summed E-state index contributed by atoms with van der Waals surface area (Å²) in [4.78, 5) is 39.1. The van der Waals surface area contributed by atoms with Crippen molar-refractivity contribution in [2.75, 3.05) is 52.3 Å². The fraction of sp³-hybridized carbons (Fsp3) is 0.550. The van der Waals surface area contributed by atoms with Crippen LogP contribution in [0.1, 0.15) is 19.8 Å². The maximum atomic E-state index is 12.5. The second-order valence-electron chi connectivity index (χ2n) is 7.00. The molecule has 0 aliphatic carbocycles. The van der Waals surface area contributed by atoms with Crippen LogP contribution >= 0.6 is 0 Å². The van der Waals surface area contributed by atoms with Crippen LogP contribution < -0.4 is 15.0 Å². The molecule has 1 aromatic rings. The minimum atomic E-state index is -0.276. The summed E-state index contributed by atoms with van der Waals surface area (Å²) in [7, 11) is 3.17. The Morgan fingerprint density at radius 3 is 2.82 bits per heavy atom. The Morgan fingerprint density at radius 1 is 1.32 bits per heavy atom. The first-order chi connectivity index (χ1) is 13.4. The van der Waals surface area contributed by atoms with Gasteiger partial charge in [0.1, 0.15) is 11.7 Å². The number of benzene rings is 1. The van der Waals surface area contributed by atoms with Gasteiger partial charge in [0, 0.05) is 18.8 Å². The number of nitrogens with one attached hydrogen (secondary N) is 2. The van der Waals surface area contributed by atoms with Crippen LogP contribution in [-0.2, 0) is 19.1 Å². The van der Waals surface area contributed by atoms with Gasteiger partial charge >= 0.3 is 5.97 Å². The monoisotopic (exact) mass is 392 g/mol. The maximum Gasteiger partial charge on any atom is 0.314 e. The van der Waals surface area contributed by atoms with Crippen LogP contribution in [0.5, 0.6) is 5.75 Å². The van der Waals surface area contributed by atoms with Gasteiger partial charge in [-0.05, 0) is 31.9 Å². The first-order valence-electron chi connectivity index (χ1n) is 9.61. The van der Waals surface area contributed by atoms with Crippen molar-refractivity contribution in [3.8, 4) is 5.75 Å². The average Bonchev–Trinajstić information content (AvgIpc) is 2.68. The Labute approximate surface area is 165 Å². The van der Waals surface area contributed by atoms with E-state index in [1.807, 2.05) is 0 Å². The third-order valence-corrected chi connectivity index (χ3v) is 4.80. The smallest absolute Gasteiger partial charge is 0.314 e. The Morgan fingerprint density at radius 2 is 2.11 bits per heavy atom. The standard InChI is InChI=1S/C20H29N3O5/c1-4-28-20(26)15-7-6-10-23(12-15)14-19(25)22(2)13-18(24)21-16-8-5-9-17(11-16)27-3/h5,8-9,11,15H,4,6-7,10,12-14H2,1-3H3,(H,21,24)/p+1/t15-/m1/s1. The second kappa shape index (κ2) is 10.7. The highest BCUT2D eigenvalue weighted by Gasteiger charge is 2.31. The molecule has 2 amide bonds. The highest BCUT2D eigenvalue weighted by molar-refractivity contribution is 5.94. The Hall–Kier alpha value is -2.61. The van der Waals surface area contributed by atoms with E-state index in [1.165, 1.54) is 4.90 Å². The number of ether oxygens (including phenoxy) is 2. The van der Waals surface area contributed by atoms with Crippen LogP contribution in [0.4, 0.5) is 5.69 Å². The molecule has 2 N–H and O–H groups in total. The summed E-state index contributed by atoms with van der Waals surface area (Å²) in [5.41, 5.74) is 0.615. The largest absolute Gasteiger partial charge is 0.497 e. The first kappa shape index (κ1) is 21.7. The number of carbonyl (C=O) groups excluding carboxylic acids is 3. The Bertz CT molecular complexity index is 694. The number of hydrogen-bond donors (Lipinski definition) is 2. The number of esters is 1. The number of anilines is 1. The molecule has 154 valence electrons. The SMILES string of the molecule is CCOC(=O)[C@@H]1CCC[NH+](CC(=O)N(C)CC(=O)Nc2cccc(OC)c2)C1. The van der Waals surface area contributed by atoms with Crippen molar-refractivity contribution in [3.05, 3.63) is 24.3 Å². The summed E-state index contributed by atoms with van der Waals surface area (Å²) in [5, 5.41) is 2.76. The Balaban J connectivity index is 1.81. The highest BCUT2D eigenvalue weighted by Crippen LogP contribution is 2.16. The third kappa shape index (κ3) is 6.53. The molecule has 1 fully saturated rings. The van der Waals surface area contributed by atoms with Gasteiger partial charge in [-0.15, -0.1) is 0 Å². The van der Waals surface area contributed by atoms with Crippen LogP contribution in [-0.4, -0.2) is 69.6 Å². The molecule has 28 heavy (non-hydrogen) atoms. The summed E-state index contributed by atoms with van der Waals surface area (Å²) in [6.07, 6.45) is 1.68. The van der Waals surface area contributed by atoms with Crippen molar-refractivity contribution < 1.29 is 28.8 Å². The highest BCUT2D eigenvalue weighted by atomic mass is 16.5. The number of piperidine rings is 1. The molecule has 8 heteroatoms. The van der Waals surface area contributed by atoms with Crippen molar-refractivity contribution in [3.63, 3.8) is 0 Å².